The standard InChI is InChI=1S/C23H23F2N3O5/c1-3-27-11-23(9-15(23)21(32)26-2)28-10-14(19(30)20(31)18(28)22(27)33)17(29)7-5-12-4-6-13(24)8-16(12)25/h4,6,8,10,15,31H,3,5,7,9,11H2,1-2H3,(H,26,32). The van der Waals surface area contributed by atoms with E-state index in [0.717, 1.165) is 6.07 Å². The Kier molecular flexibility index (Phi) is 5.55. The molecule has 1 aliphatic heterocycles. The Balaban J connectivity index is 1.73. The molecule has 1 fully saturated rings. The Labute approximate surface area is 187 Å². The summed E-state index contributed by atoms with van der Waals surface area (Å²) < 4.78 is 28.4. The van der Waals surface area contributed by atoms with Crippen LogP contribution in [0.3, 0.4) is 0 Å². The highest BCUT2D eigenvalue weighted by Gasteiger charge is 2.63. The minimum Gasteiger partial charge on any atom is -0.503 e. The van der Waals surface area contributed by atoms with Gasteiger partial charge in [-0.15, -0.1) is 0 Å². The molecule has 2 N–H and O–H groups in total. The number of carbonyl (C=O) groups excluding carboxylic acids is 3. The lowest BCUT2D eigenvalue weighted by molar-refractivity contribution is -0.122. The highest BCUT2D eigenvalue weighted by Crippen LogP contribution is 2.54. The number of nitrogens with one attached hydrogen (secondary N) is 1. The SMILES string of the molecule is CCN1CC2(CC2C(=O)NC)n2cc(C(=O)CCc3ccc(F)cc3F)c(=O)c(O)c2C1=O. The Morgan fingerprint density at radius 1 is 1.27 bits per heavy atom. The quantitative estimate of drug-likeness (QED) is 0.638. The molecule has 1 spiro atoms. The second-order valence-corrected chi connectivity index (χ2v) is 8.39. The van der Waals surface area contributed by atoms with Crippen LogP contribution in [0.15, 0.2) is 29.2 Å². The van der Waals surface area contributed by atoms with Crippen LogP contribution >= 0.6 is 0 Å². The number of rotatable bonds is 6. The van der Waals surface area contributed by atoms with Gasteiger partial charge in [0.2, 0.25) is 11.3 Å². The van der Waals surface area contributed by atoms with E-state index in [0.29, 0.717) is 19.0 Å². The van der Waals surface area contributed by atoms with Crippen molar-refractivity contribution in [2.75, 3.05) is 20.1 Å². The zero-order chi connectivity index (χ0) is 24.1. The maximum absolute atomic E-state index is 13.9. The van der Waals surface area contributed by atoms with E-state index in [9.17, 15) is 33.1 Å². The van der Waals surface area contributed by atoms with Crippen molar-refractivity contribution in [1.29, 1.82) is 0 Å². The Morgan fingerprint density at radius 3 is 2.64 bits per heavy atom. The topological polar surface area (TPSA) is 109 Å². The van der Waals surface area contributed by atoms with Gasteiger partial charge in [-0.25, -0.2) is 8.78 Å². The molecular weight excluding hydrogens is 436 g/mol. The molecule has 33 heavy (non-hydrogen) atoms. The molecule has 1 saturated carbocycles. The van der Waals surface area contributed by atoms with Crippen molar-refractivity contribution in [3.05, 3.63) is 63.1 Å². The van der Waals surface area contributed by atoms with Crippen molar-refractivity contribution < 1.29 is 28.3 Å². The van der Waals surface area contributed by atoms with Gasteiger partial charge in [0.25, 0.3) is 5.91 Å². The van der Waals surface area contributed by atoms with Crippen LogP contribution in [0.1, 0.15) is 46.2 Å². The third-order valence-electron chi connectivity index (χ3n) is 6.54. The molecule has 8 nitrogen and oxygen atoms in total. The number of pyridine rings is 1. The van der Waals surface area contributed by atoms with Crippen molar-refractivity contribution >= 4 is 17.6 Å². The van der Waals surface area contributed by atoms with Gasteiger partial charge in [-0.05, 0) is 31.4 Å². The average molecular weight is 459 g/mol. The number of aromatic hydroxyl groups is 1. The van der Waals surface area contributed by atoms with Crippen molar-refractivity contribution in [3.63, 3.8) is 0 Å². The number of ketones is 1. The smallest absolute Gasteiger partial charge is 0.274 e. The monoisotopic (exact) mass is 459 g/mol. The fraction of sp³-hybridized carbons (Fsp3) is 0.391. The number of benzene rings is 1. The number of fused-ring (bicyclic) bond motifs is 2. The summed E-state index contributed by atoms with van der Waals surface area (Å²) in [4.78, 5) is 52.3. The predicted octanol–water partition coefficient (Wildman–Crippen LogP) is 1.58. The van der Waals surface area contributed by atoms with Gasteiger partial charge in [0.05, 0.1) is 17.0 Å². The summed E-state index contributed by atoms with van der Waals surface area (Å²) in [5.74, 6) is -4.36. The zero-order valence-electron chi connectivity index (χ0n) is 18.2. The number of halogens is 2. The zero-order valence-corrected chi connectivity index (χ0v) is 18.2. The van der Waals surface area contributed by atoms with E-state index in [1.54, 1.807) is 6.92 Å². The predicted molar refractivity (Wildman–Crippen MR) is 113 cm³/mol. The number of aromatic nitrogens is 1. The van der Waals surface area contributed by atoms with E-state index >= 15 is 0 Å². The average Bonchev–Trinajstić information content (AvgIpc) is 3.51. The second-order valence-electron chi connectivity index (χ2n) is 8.39. The van der Waals surface area contributed by atoms with Crippen LogP contribution in [0, 0.1) is 17.6 Å². The molecule has 0 saturated heterocycles. The maximum atomic E-state index is 13.9. The van der Waals surface area contributed by atoms with Crippen molar-refractivity contribution in [3.8, 4) is 5.75 Å². The lowest BCUT2D eigenvalue weighted by atomic mass is 10.00. The number of carbonyl (C=O) groups is 3. The van der Waals surface area contributed by atoms with Crippen LogP contribution in [-0.2, 0) is 16.8 Å². The van der Waals surface area contributed by atoms with Crippen molar-refractivity contribution in [2.24, 2.45) is 5.92 Å². The Morgan fingerprint density at radius 2 is 2.00 bits per heavy atom. The van der Waals surface area contributed by atoms with Gasteiger partial charge < -0.3 is 19.9 Å². The molecule has 1 aromatic heterocycles. The molecule has 2 aliphatic rings. The molecular formula is C23H23F2N3O5. The van der Waals surface area contributed by atoms with E-state index < -0.39 is 46.0 Å². The number of likely N-dealkylation sites (N-methyl/N-ethyl adjacent to an activating group) is 1. The van der Waals surface area contributed by atoms with E-state index in [1.807, 2.05) is 0 Å². The van der Waals surface area contributed by atoms with E-state index in [4.69, 9.17) is 0 Å². The van der Waals surface area contributed by atoms with Crippen LogP contribution in [0.4, 0.5) is 8.78 Å². The molecule has 2 aromatic rings. The number of hydrogen-bond acceptors (Lipinski definition) is 5. The lowest BCUT2D eigenvalue weighted by Gasteiger charge is -2.37. The molecule has 2 unspecified atom stereocenters. The van der Waals surface area contributed by atoms with Crippen LogP contribution < -0.4 is 10.7 Å². The number of nitrogens with zero attached hydrogens (tertiary/aromatic N) is 2. The first kappa shape index (κ1) is 22.6. The number of hydrogen-bond donors (Lipinski definition) is 2. The van der Waals surface area contributed by atoms with Gasteiger partial charge >= 0.3 is 0 Å². The summed E-state index contributed by atoms with van der Waals surface area (Å²) in [6.07, 6.45) is 1.26. The first-order valence-electron chi connectivity index (χ1n) is 10.6. The van der Waals surface area contributed by atoms with Gasteiger partial charge in [0, 0.05) is 38.8 Å². The highest BCUT2D eigenvalue weighted by molar-refractivity contribution is 6.00. The van der Waals surface area contributed by atoms with Crippen molar-refractivity contribution in [2.45, 2.75) is 31.7 Å². The lowest BCUT2D eigenvalue weighted by Crippen LogP contribution is -2.50. The van der Waals surface area contributed by atoms with Crippen LogP contribution in [0.2, 0.25) is 0 Å². The first-order valence-corrected chi connectivity index (χ1v) is 10.6. The van der Waals surface area contributed by atoms with Gasteiger partial charge in [0.1, 0.15) is 11.6 Å². The molecule has 1 aromatic carbocycles. The van der Waals surface area contributed by atoms with Gasteiger partial charge in [-0.3, -0.25) is 19.2 Å². The summed E-state index contributed by atoms with van der Waals surface area (Å²) >= 11 is 0. The van der Waals surface area contributed by atoms with E-state index in [1.165, 1.54) is 28.8 Å². The minimum absolute atomic E-state index is 0.0819. The Hall–Kier alpha value is -3.56. The van der Waals surface area contributed by atoms with Gasteiger partial charge in [-0.1, -0.05) is 6.07 Å². The third-order valence-corrected chi connectivity index (χ3v) is 6.54. The molecule has 4 rings (SSSR count). The molecule has 2 heterocycles. The number of Topliss-reactive ketones (excluding diaryl/α,β-unsaturated/α-hetero) is 1. The van der Waals surface area contributed by atoms with Gasteiger partial charge in [0.15, 0.2) is 17.2 Å². The molecule has 0 radical (unpaired) electrons. The van der Waals surface area contributed by atoms with Crippen LogP contribution in [-0.4, -0.2) is 52.3 Å². The van der Waals surface area contributed by atoms with E-state index in [2.05, 4.69) is 5.32 Å². The first-order chi connectivity index (χ1) is 15.6. The van der Waals surface area contributed by atoms with Crippen molar-refractivity contribution in [1.82, 2.24) is 14.8 Å². The second kappa shape index (κ2) is 8.09. The van der Waals surface area contributed by atoms with Crippen LogP contribution in [0.25, 0.3) is 0 Å². The summed E-state index contributed by atoms with van der Waals surface area (Å²) in [6, 6.07) is 3.00. The maximum Gasteiger partial charge on any atom is 0.274 e. The number of amides is 2. The Bertz CT molecular complexity index is 1240. The highest BCUT2D eigenvalue weighted by atomic mass is 19.1. The fourth-order valence-corrected chi connectivity index (χ4v) is 4.59. The van der Waals surface area contributed by atoms with E-state index in [-0.39, 0.29) is 42.1 Å². The summed E-state index contributed by atoms with van der Waals surface area (Å²) in [5, 5.41) is 13.2. The third kappa shape index (κ3) is 3.59. The van der Waals surface area contributed by atoms with Crippen LogP contribution in [0.5, 0.6) is 5.75 Å². The van der Waals surface area contributed by atoms with Gasteiger partial charge in [-0.2, -0.15) is 0 Å². The molecule has 0 bridgehead atoms. The minimum atomic E-state index is -0.996. The largest absolute Gasteiger partial charge is 0.503 e. The number of aryl methyl sites for hydroxylation is 1. The molecule has 1 aliphatic carbocycles. The summed E-state index contributed by atoms with van der Waals surface area (Å²) in [7, 11) is 1.49. The molecule has 2 atom stereocenters. The normalized spacial score (nSPS) is 21.2. The summed E-state index contributed by atoms with van der Waals surface area (Å²) in [6.45, 7) is 2.27. The fourth-order valence-electron chi connectivity index (χ4n) is 4.59. The summed E-state index contributed by atoms with van der Waals surface area (Å²) in [5.41, 5.74) is -2.36. The molecule has 174 valence electrons. The molecule has 2 amide bonds. The molecule has 10 heteroatoms.